The number of hydrogen-bond acceptors (Lipinski definition) is 3. The topological polar surface area (TPSA) is 44.5 Å². The number of rotatable bonds is 5. The molecule has 3 nitrogen and oxygen atoms in total. The molecule has 2 N–H and O–H groups in total. The molecule has 2 rings (SSSR count). The quantitative estimate of drug-likeness (QED) is 0.872. The van der Waals surface area contributed by atoms with Crippen molar-refractivity contribution in [2.75, 3.05) is 19.8 Å². The molecular formula is C15H23NO2. The third-order valence-corrected chi connectivity index (χ3v) is 3.57. The molecule has 0 unspecified atom stereocenters. The Morgan fingerprint density at radius 3 is 2.78 bits per heavy atom. The second-order valence-electron chi connectivity index (χ2n) is 4.92. The molecular weight excluding hydrogens is 226 g/mol. The molecule has 1 aromatic carbocycles. The average Bonchev–Trinajstić information content (AvgIpc) is 2.45. The number of para-hydroxylation sites is 1. The third-order valence-electron chi connectivity index (χ3n) is 3.57. The summed E-state index contributed by atoms with van der Waals surface area (Å²) in [6.07, 6.45) is 3.13. The molecule has 3 heteroatoms. The highest BCUT2D eigenvalue weighted by Crippen LogP contribution is 2.26. The zero-order valence-electron chi connectivity index (χ0n) is 11.1. The van der Waals surface area contributed by atoms with E-state index in [1.807, 2.05) is 18.2 Å². The van der Waals surface area contributed by atoms with Crippen molar-refractivity contribution in [2.24, 2.45) is 11.7 Å². The molecule has 18 heavy (non-hydrogen) atoms. The van der Waals surface area contributed by atoms with Crippen molar-refractivity contribution in [2.45, 2.75) is 32.2 Å². The van der Waals surface area contributed by atoms with Crippen LogP contribution in [0.4, 0.5) is 0 Å². The first-order chi connectivity index (χ1) is 8.81. The van der Waals surface area contributed by atoms with Gasteiger partial charge < -0.3 is 15.2 Å². The molecule has 1 aliphatic heterocycles. The fourth-order valence-corrected chi connectivity index (χ4v) is 2.26. The minimum atomic E-state index is 0.0656. The van der Waals surface area contributed by atoms with Crippen LogP contribution in [-0.4, -0.2) is 19.8 Å². The molecule has 1 heterocycles. The van der Waals surface area contributed by atoms with Gasteiger partial charge >= 0.3 is 0 Å². The van der Waals surface area contributed by atoms with E-state index in [0.717, 1.165) is 50.4 Å². The molecule has 0 aliphatic carbocycles. The smallest absolute Gasteiger partial charge is 0.124 e. The summed E-state index contributed by atoms with van der Waals surface area (Å²) in [7, 11) is 0. The van der Waals surface area contributed by atoms with Crippen molar-refractivity contribution in [3.63, 3.8) is 0 Å². The van der Waals surface area contributed by atoms with E-state index in [-0.39, 0.29) is 6.04 Å². The maximum Gasteiger partial charge on any atom is 0.124 e. The molecule has 1 aromatic rings. The Morgan fingerprint density at radius 2 is 2.06 bits per heavy atom. The van der Waals surface area contributed by atoms with E-state index in [4.69, 9.17) is 15.2 Å². The van der Waals surface area contributed by atoms with Gasteiger partial charge in [0, 0.05) is 24.8 Å². The maximum absolute atomic E-state index is 6.10. The van der Waals surface area contributed by atoms with Gasteiger partial charge in [-0.1, -0.05) is 25.1 Å². The van der Waals surface area contributed by atoms with Crippen LogP contribution in [0, 0.1) is 5.92 Å². The van der Waals surface area contributed by atoms with Crippen molar-refractivity contribution in [3.05, 3.63) is 29.8 Å². The fourth-order valence-electron chi connectivity index (χ4n) is 2.26. The molecule has 0 spiro atoms. The molecule has 0 bridgehead atoms. The molecule has 1 saturated heterocycles. The summed E-state index contributed by atoms with van der Waals surface area (Å²) in [5.41, 5.74) is 7.22. The normalized spacial score (nSPS) is 18.6. The van der Waals surface area contributed by atoms with Crippen LogP contribution < -0.4 is 10.5 Å². The van der Waals surface area contributed by atoms with Gasteiger partial charge in [-0.2, -0.15) is 0 Å². The molecule has 100 valence electrons. The van der Waals surface area contributed by atoms with Crippen LogP contribution in [0.3, 0.4) is 0 Å². The zero-order valence-corrected chi connectivity index (χ0v) is 11.1. The van der Waals surface area contributed by atoms with Gasteiger partial charge in [-0.25, -0.2) is 0 Å². The molecule has 0 aromatic heterocycles. The summed E-state index contributed by atoms with van der Waals surface area (Å²) < 4.78 is 11.3. The van der Waals surface area contributed by atoms with E-state index in [9.17, 15) is 0 Å². The van der Waals surface area contributed by atoms with Crippen LogP contribution in [0.5, 0.6) is 5.75 Å². The van der Waals surface area contributed by atoms with Crippen LogP contribution in [-0.2, 0) is 4.74 Å². The van der Waals surface area contributed by atoms with Crippen molar-refractivity contribution in [1.29, 1.82) is 0 Å². The van der Waals surface area contributed by atoms with Crippen LogP contribution >= 0.6 is 0 Å². The zero-order chi connectivity index (χ0) is 12.8. The van der Waals surface area contributed by atoms with Gasteiger partial charge in [-0.3, -0.25) is 0 Å². The standard InChI is InChI=1S/C15H23NO2/c1-2-14(16)13-5-3-4-6-15(13)18-11-12-7-9-17-10-8-12/h3-6,12,14H,2,7-11,16H2,1H3/t14-/m1/s1. The minimum Gasteiger partial charge on any atom is -0.493 e. The lowest BCUT2D eigenvalue weighted by Gasteiger charge is -2.23. The van der Waals surface area contributed by atoms with Crippen LogP contribution in [0.15, 0.2) is 24.3 Å². The summed E-state index contributed by atoms with van der Waals surface area (Å²) in [6.45, 7) is 4.60. The number of nitrogens with two attached hydrogens (primary N) is 1. The molecule has 0 saturated carbocycles. The number of hydrogen-bond donors (Lipinski definition) is 1. The Morgan fingerprint density at radius 1 is 1.33 bits per heavy atom. The number of ether oxygens (including phenoxy) is 2. The first-order valence-corrected chi connectivity index (χ1v) is 6.86. The lowest BCUT2D eigenvalue weighted by molar-refractivity contribution is 0.0495. The van der Waals surface area contributed by atoms with Crippen molar-refractivity contribution in [1.82, 2.24) is 0 Å². The van der Waals surface area contributed by atoms with Gasteiger partial charge in [0.2, 0.25) is 0 Å². The lowest BCUT2D eigenvalue weighted by Crippen LogP contribution is -2.22. The maximum atomic E-state index is 6.10. The monoisotopic (exact) mass is 249 g/mol. The summed E-state index contributed by atoms with van der Waals surface area (Å²) in [5, 5.41) is 0. The summed E-state index contributed by atoms with van der Waals surface area (Å²) in [6, 6.07) is 8.17. The Hall–Kier alpha value is -1.06. The second-order valence-corrected chi connectivity index (χ2v) is 4.92. The Bertz CT molecular complexity index is 361. The fraction of sp³-hybridized carbons (Fsp3) is 0.600. The Balaban J connectivity index is 1.95. The van der Waals surface area contributed by atoms with Crippen LogP contribution in [0.25, 0.3) is 0 Å². The van der Waals surface area contributed by atoms with Crippen molar-refractivity contribution < 1.29 is 9.47 Å². The summed E-state index contributed by atoms with van der Waals surface area (Å²) >= 11 is 0. The molecule has 0 amide bonds. The SMILES string of the molecule is CC[C@@H](N)c1ccccc1OCC1CCOCC1. The average molecular weight is 249 g/mol. The van der Waals surface area contributed by atoms with Crippen molar-refractivity contribution >= 4 is 0 Å². The van der Waals surface area contributed by atoms with E-state index in [0.29, 0.717) is 5.92 Å². The van der Waals surface area contributed by atoms with Gasteiger partial charge in [0.15, 0.2) is 0 Å². The van der Waals surface area contributed by atoms with Gasteiger partial charge in [0.25, 0.3) is 0 Å². The minimum absolute atomic E-state index is 0.0656. The van der Waals surface area contributed by atoms with E-state index in [1.165, 1.54) is 0 Å². The highest BCUT2D eigenvalue weighted by molar-refractivity contribution is 5.35. The van der Waals surface area contributed by atoms with E-state index < -0.39 is 0 Å². The second kappa shape index (κ2) is 6.76. The van der Waals surface area contributed by atoms with Gasteiger partial charge in [0.05, 0.1) is 6.61 Å². The van der Waals surface area contributed by atoms with Crippen LogP contribution in [0.2, 0.25) is 0 Å². The predicted molar refractivity (Wildman–Crippen MR) is 72.7 cm³/mol. The Labute approximate surface area is 109 Å². The van der Waals surface area contributed by atoms with Gasteiger partial charge in [0.1, 0.15) is 5.75 Å². The van der Waals surface area contributed by atoms with E-state index in [2.05, 4.69) is 13.0 Å². The van der Waals surface area contributed by atoms with Crippen LogP contribution in [0.1, 0.15) is 37.8 Å². The van der Waals surface area contributed by atoms with E-state index >= 15 is 0 Å². The predicted octanol–water partition coefficient (Wildman–Crippen LogP) is 2.90. The molecule has 1 atom stereocenters. The lowest BCUT2D eigenvalue weighted by atomic mass is 10.0. The van der Waals surface area contributed by atoms with Gasteiger partial charge in [-0.05, 0) is 31.2 Å². The van der Waals surface area contributed by atoms with Gasteiger partial charge in [-0.15, -0.1) is 0 Å². The molecule has 0 radical (unpaired) electrons. The van der Waals surface area contributed by atoms with E-state index in [1.54, 1.807) is 0 Å². The highest BCUT2D eigenvalue weighted by Gasteiger charge is 2.16. The Kier molecular flexibility index (Phi) is 5.02. The van der Waals surface area contributed by atoms with Crippen molar-refractivity contribution in [3.8, 4) is 5.75 Å². The first-order valence-electron chi connectivity index (χ1n) is 6.86. The molecule has 1 aliphatic rings. The summed E-state index contributed by atoms with van der Waals surface area (Å²) in [4.78, 5) is 0. The summed E-state index contributed by atoms with van der Waals surface area (Å²) in [5.74, 6) is 1.56. The highest BCUT2D eigenvalue weighted by atomic mass is 16.5. The first kappa shape index (κ1) is 13.4. The third kappa shape index (κ3) is 3.47. The largest absolute Gasteiger partial charge is 0.493 e. The molecule has 1 fully saturated rings. The number of benzene rings is 1.